The standard InChI is InChI=1S/C14H10Cl2N2OS/c15-11-6-5-9(7-12(11)16)8-18-13-4-2-1-3-10(13)14(19)17-20-18/h1-7H,8H2,(H,17,19). The molecule has 3 nitrogen and oxygen atoms in total. The second-order valence-electron chi connectivity index (χ2n) is 4.32. The predicted molar refractivity (Wildman–Crippen MR) is 84.1 cm³/mol. The van der Waals surface area contributed by atoms with E-state index < -0.39 is 0 Å². The van der Waals surface area contributed by atoms with Crippen molar-refractivity contribution in [3.63, 3.8) is 0 Å². The molecule has 1 amide bonds. The Labute approximate surface area is 131 Å². The molecule has 1 heterocycles. The van der Waals surface area contributed by atoms with Gasteiger partial charge >= 0.3 is 0 Å². The van der Waals surface area contributed by atoms with Gasteiger partial charge in [0.15, 0.2) is 0 Å². The van der Waals surface area contributed by atoms with Crippen LogP contribution < -0.4 is 9.03 Å². The van der Waals surface area contributed by atoms with Gasteiger partial charge in [0.2, 0.25) is 0 Å². The lowest BCUT2D eigenvalue weighted by atomic mass is 10.1. The fraction of sp³-hybridized carbons (Fsp3) is 0.0714. The van der Waals surface area contributed by atoms with Crippen molar-refractivity contribution in [1.82, 2.24) is 4.72 Å². The number of amides is 1. The number of hydrogen-bond donors (Lipinski definition) is 1. The molecule has 1 aliphatic heterocycles. The number of anilines is 1. The first kappa shape index (κ1) is 13.6. The van der Waals surface area contributed by atoms with Gasteiger partial charge in [0.1, 0.15) is 0 Å². The second-order valence-corrected chi connectivity index (χ2v) is 5.97. The number of rotatable bonds is 2. The van der Waals surface area contributed by atoms with Gasteiger partial charge in [-0.2, -0.15) is 0 Å². The number of carbonyl (C=O) groups is 1. The summed E-state index contributed by atoms with van der Waals surface area (Å²) >= 11 is 13.2. The highest BCUT2D eigenvalue weighted by molar-refractivity contribution is 7.99. The number of nitrogens with one attached hydrogen (secondary N) is 1. The lowest BCUT2D eigenvalue weighted by Gasteiger charge is -2.29. The summed E-state index contributed by atoms with van der Waals surface area (Å²) in [6.45, 7) is 0.624. The molecule has 0 spiro atoms. The molecule has 0 aromatic heterocycles. The molecule has 0 radical (unpaired) electrons. The summed E-state index contributed by atoms with van der Waals surface area (Å²) in [5.41, 5.74) is 2.59. The van der Waals surface area contributed by atoms with Crippen molar-refractivity contribution >= 4 is 46.9 Å². The molecule has 20 heavy (non-hydrogen) atoms. The molecule has 6 heteroatoms. The second kappa shape index (κ2) is 5.56. The Hall–Kier alpha value is -1.36. The molecule has 3 rings (SSSR count). The van der Waals surface area contributed by atoms with Gasteiger partial charge in [-0.05, 0) is 29.8 Å². The van der Waals surface area contributed by atoms with Crippen LogP contribution in [-0.2, 0) is 6.54 Å². The molecule has 1 N–H and O–H groups in total. The van der Waals surface area contributed by atoms with E-state index in [0.29, 0.717) is 22.2 Å². The molecule has 0 saturated heterocycles. The Kier molecular flexibility index (Phi) is 3.78. The van der Waals surface area contributed by atoms with E-state index in [1.807, 2.05) is 40.7 Å². The molecule has 0 atom stereocenters. The van der Waals surface area contributed by atoms with Crippen LogP contribution in [0.4, 0.5) is 5.69 Å². The van der Waals surface area contributed by atoms with Crippen molar-refractivity contribution in [2.45, 2.75) is 6.54 Å². The van der Waals surface area contributed by atoms with Crippen LogP contribution in [0.2, 0.25) is 10.0 Å². The minimum atomic E-state index is -0.0732. The summed E-state index contributed by atoms with van der Waals surface area (Å²) in [5.74, 6) is -0.0732. The van der Waals surface area contributed by atoms with Crippen molar-refractivity contribution in [3.05, 3.63) is 63.6 Å². The van der Waals surface area contributed by atoms with Crippen molar-refractivity contribution in [3.8, 4) is 0 Å². The van der Waals surface area contributed by atoms with Gasteiger partial charge < -0.3 is 0 Å². The molecule has 102 valence electrons. The number of hydrogen-bond acceptors (Lipinski definition) is 3. The van der Waals surface area contributed by atoms with Crippen LogP contribution >= 0.6 is 35.3 Å². The molecule has 1 aliphatic rings. The minimum absolute atomic E-state index is 0.0732. The van der Waals surface area contributed by atoms with E-state index in [0.717, 1.165) is 11.3 Å². The van der Waals surface area contributed by atoms with Crippen molar-refractivity contribution in [2.24, 2.45) is 0 Å². The summed E-state index contributed by atoms with van der Waals surface area (Å²) in [5, 5.41) is 1.07. The maximum Gasteiger partial charge on any atom is 0.264 e. The Morgan fingerprint density at radius 1 is 1.10 bits per heavy atom. The van der Waals surface area contributed by atoms with Crippen molar-refractivity contribution in [1.29, 1.82) is 0 Å². The normalized spacial score (nSPS) is 13.9. The first-order valence-corrected chi connectivity index (χ1v) is 7.46. The fourth-order valence-electron chi connectivity index (χ4n) is 2.01. The number of halogens is 2. The first-order chi connectivity index (χ1) is 9.65. The minimum Gasteiger partial charge on any atom is -0.293 e. The summed E-state index contributed by atoms with van der Waals surface area (Å²) in [4.78, 5) is 11.8. The van der Waals surface area contributed by atoms with E-state index >= 15 is 0 Å². The van der Waals surface area contributed by atoms with Crippen LogP contribution in [0.3, 0.4) is 0 Å². The molecular formula is C14H10Cl2N2OS. The van der Waals surface area contributed by atoms with Gasteiger partial charge in [-0.25, -0.2) is 0 Å². The molecular weight excluding hydrogens is 315 g/mol. The summed E-state index contributed by atoms with van der Waals surface area (Å²) in [6.07, 6.45) is 0. The third kappa shape index (κ3) is 2.59. The third-order valence-corrected chi connectivity index (χ3v) is 4.54. The van der Waals surface area contributed by atoms with Gasteiger partial charge in [-0.3, -0.25) is 13.8 Å². The Bertz CT molecular complexity index is 678. The largest absolute Gasteiger partial charge is 0.293 e. The van der Waals surface area contributed by atoms with Crippen molar-refractivity contribution < 1.29 is 4.79 Å². The van der Waals surface area contributed by atoms with Crippen LogP contribution in [0.25, 0.3) is 0 Å². The average Bonchev–Trinajstić information content (AvgIpc) is 2.46. The molecule has 0 bridgehead atoms. The van der Waals surface area contributed by atoms with E-state index in [2.05, 4.69) is 4.72 Å². The van der Waals surface area contributed by atoms with E-state index in [9.17, 15) is 4.79 Å². The molecule has 0 saturated carbocycles. The number of para-hydroxylation sites is 1. The summed E-state index contributed by atoms with van der Waals surface area (Å²) in [6, 6.07) is 13.0. The SMILES string of the molecule is O=C1NSN(Cc2ccc(Cl)c(Cl)c2)c2ccccc21. The van der Waals surface area contributed by atoms with Crippen LogP contribution in [-0.4, -0.2) is 5.91 Å². The highest BCUT2D eigenvalue weighted by Gasteiger charge is 2.23. The van der Waals surface area contributed by atoms with E-state index in [-0.39, 0.29) is 5.91 Å². The van der Waals surface area contributed by atoms with Crippen LogP contribution in [0.15, 0.2) is 42.5 Å². The average molecular weight is 325 g/mol. The number of fused-ring (bicyclic) bond motifs is 1. The van der Waals surface area contributed by atoms with Crippen molar-refractivity contribution in [2.75, 3.05) is 4.31 Å². The zero-order valence-electron chi connectivity index (χ0n) is 10.3. The van der Waals surface area contributed by atoms with Gasteiger partial charge in [-0.15, -0.1) is 0 Å². The zero-order chi connectivity index (χ0) is 14.1. The fourth-order valence-corrected chi connectivity index (χ4v) is 3.10. The number of nitrogens with zero attached hydrogens (tertiary/aromatic N) is 1. The first-order valence-electron chi connectivity index (χ1n) is 5.93. The molecule has 2 aromatic carbocycles. The monoisotopic (exact) mass is 324 g/mol. The molecule has 2 aromatic rings. The van der Waals surface area contributed by atoms with Gasteiger partial charge in [0, 0.05) is 0 Å². The third-order valence-electron chi connectivity index (χ3n) is 2.98. The lowest BCUT2D eigenvalue weighted by molar-refractivity contribution is 0.0983. The predicted octanol–water partition coefficient (Wildman–Crippen LogP) is 4.31. The highest BCUT2D eigenvalue weighted by atomic mass is 35.5. The van der Waals surface area contributed by atoms with Gasteiger partial charge in [0.25, 0.3) is 5.91 Å². The smallest absolute Gasteiger partial charge is 0.264 e. The van der Waals surface area contributed by atoms with Crippen LogP contribution in [0, 0.1) is 0 Å². The van der Waals surface area contributed by atoms with Gasteiger partial charge in [0.05, 0.1) is 40.0 Å². The Morgan fingerprint density at radius 3 is 2.70 bits per heavy atom. The number of benzene rings is 2. The van der Waals surface area contributed by atoms with E-state index in [1.165, 1.54) is 12.1 Å². The lowest BCUT2D eigenvalue weighted by Crippen LogP contribution is -2.31. The molecule has 0 aliphatic carbocycles. The Morgan fingerprint density at radius 2 is 1.90 bits per heavy atom. The van der Waals surface area contributed by atoms with Gasteiger partial charge in [-0.1, -0.05) is 41.4 Å². The topological polar surface area (TPSA) is 32.3 Å². The maximum atomic E-state index is 11.8. The summed E-state index contributed by atoms with van der Waals surface area (Å²) < 4.78 is 4.79. The van der Waals surface area contributed by atoms with Crippen LogP contribution in [0.1, 0.15) is 15.9 Å². The number of carbonyl (C=O) groups excluding carboxylic acids is 1. The Balaban J connectivity index is 1.90. The van der Waals surface area contributed by atoms with Crippen LogP contribution in [0.5, 0.6) is 0 Å². The molecule has 0 unspecified atom stereocenters. The van der Waals surface area contributed by atoms with E-state index in [4.69, 9.17) is 23.2 Å². The maximum absolute atomic E-state index is 11.8. The summed E-state index contributed by atoms with van der Waals surface area (Å²) in [7, 11) is 0. The van der Waals surface area contributed by atoms with E-state index in [1.54, 1.807) is 6.07 Å². The quantitative estimate of drug-likeness (QED) is 0.835. The highest BCUT2D eigenvalue weighted by Crippen LogP contribution is 2.32. The molecule has 0 fully saturated rings. The zero-order valence-corrected chi connectivity index (χ0v) is 12.6.